The summed E-state index contributed by atoms with van der Waals surface area (Å²) < 4.78 is 43.8. The van der Waals surface area contributed by atoms with Gasteiger partial charge in [0.25, 0.3) is 0 Å². The van der Waals surface area contributed by atoms with Gasteiger partial charge in [-0.05, 0) is 79.7 Å². The molecule has 16 heteroatoms. The molecule has 0 radical (unpaired) electrons. The molecule has 0 saturated carbocycles. The normalized spacial score (nSPS) is 19.2. The van der Waals surface area contributed by atoms with E-state index in [4.69, 9.17) is 23.1 Å². The summed E-state index contributed by atoms with van der Waals surface area (Å²) in [5.41, 5.74) is 12.6. The third-order valence-electron chi connectivity index (χ3n) is 9.61. The van der Waals surface area contributed by atoms with Gasteiger partial charge in [0.2, 0.25) is 17.7 Å². The zero-order valence-corrected chi connectivity index (χ0v) is 31.6. The van der Waals surface area contributed by atoms with E-state index in [9.17, 15) is 27.6 Å². The Morgan fingerprint density at radius 1 is 0.944 bits per heavy atom. The molecule has 0 bridgehead atoms. The Labute approximate surface area is 321 Å². The SMILES string of the molecule is CN1C(=O)[C@H](CCCCCN)NC(=O)[C@H](CCCN)NCc2ccncc2Sc2c(Cl)ccc(C(F)(F)F)c2CNC(=O)[C@@H]1Cc1c[nH]c2ccccc12. The Bertz CT molecular complexity index is 1930. The van der Waals surface area contributed by atoms with Crippen molar-refractivity contribution >= 4 is 52.0 Å². The second-order valence-corrected chi connectivity index (χ2v) is 14.8. The van der Waals surface area contributed by atoms with Crippen molar-refractivity contribution in [1.29, 1.82) is 0 Å². The number of nitrogens with two attached hydrogens (primary N) is 2. The number of rotatable bonds is 10. The number of carbonyl (C=O) groups excluding carboxylic acids is 3. The Hall–Kier alpha value is -4.15. The zero-order chi connectivity index (χ0) is 38.8. The first-order valence-corrected chi connectivity index (χ1v) is 19.1. The fourth-order valence-corrected chi connectivity index (χ4v) is 7.96. The average Bonchev–Trinajstić information content (AvgIpc) is 3.56. The van der Waals surface area contributed by atoms with Gasteiger partial charge in [-0.3, -0.25) is 19.4 Å². The summed E-state index contributed by atoms with van der Waals surface area (Å²) in [6.45, 7) is 0.422. The largest absolute Gasteiger partial charge is 0.416 e. The van der Waals surface area contributed by atoms with Gasteiger partial charge in [-0.25, -0.2) is 0 Å². The highest BCUT2D eigenvalue weighted by Crippen LogP contribution is 2.43. The molecule has 0 aliphatic carbocycles. The average molecular weight is 787 g/mol. The molecular weight excluding hydrogens is 741 g/mol. The Balaban J connectivity index is 1.62. The van der Waals surface area contributed by atoms with Crippen LogP contribution in [0.5, 0.6) is 0 Å². The second-order valence-electron chi connectivity index (χ2n) is 13.3. The molecule has 0 spiro atoms. The van der Waals surface area contributed by atoms with E-state index in [1.165, 1.54) is 24.2 Å². The minimum Gasteiger partial charge on any atom is -0.361 e. The fraction of sp³-hybridized carbons (Fsp3) is 0.421. The molecule has 5 rings (SSSR count). The molecule has 54 heavy (non-hydrogen) atoms. The van der Waals surface area contributed by atoms with Gasteiger partial charge in [0, 0.05) is 65.8 Å². The number of benzene rings is 2. The number of fused-ring (bicyclic) bond motifs is 3. The first-order chi connectivity index (χ1) is 25.9. The lowest BCUT2D eigenvalue weighted by atomic mass is 10.0. The summed E-state index contributed by atoms with van der Waals surface area (Å²) in [5, 5.41) is 9.84. The van der Waals surface area contributed by atoms with Crippen molar-refractivity contribution in [3.8, 4) is 0 Å². The van der Waals surface area contributed by atoms with Crippen molar-refractivity contribution in [3.63, 3.8) is 0 Å². The first-order valence-electron chi connectivity index (χ1n) is 18.0. The van der Waals surface area contributed by atoms with Crippen LogP contribution in [0.2, 0.25) is 5.02 Å². The molecule has 1 aliphatic heterocycles. The van der Waals surface area contributed by atoms with E-state index in [1.807, 2.05) is 24.3 Å². The number of aromatic amines is 1. The van der Waals surface area contributed by atoms with Gasteiger partial charge >= 0.3 is 6.18 Å². The number of carbonyl (C=O) groups is 3. The van der Waals surface area contributed by atoms with Crippen molar-refractivity contribution < 1.29 is 27.6 Å². The number of pyridine rings is 1. The lowest BCUT2D eigenvalue weighted by Gasteiger charge is -2.32. The maximum absolute atomic E-state index is 14.6. The van der Waals surface area contributed by atoms with Crippen molar-refractivity contribution in [2.75, 3.05) is 20.1 Å². The molecule has 0 unspecified atom stereocenters. The molecule has 2 aromatic carbocycles. The highest BCUT2D eigenvalue weighted by atomic mass is 35.5. The topological polar surface area (TPSA) is 171 Å². The number of nitrogens with zero attached hydrogens (tertiary/aromatic N) is 2. The number of hydrogen-bond donors (Lipinski definition) is 6. The number of unbranched alkanes of at least 4 members (excludes halogenated alkanes) is 2. The molecular formula is C38H46ClF3N8O3S. The summed E-state index contributed by atoms with van der Waals surface area (Å²) in [4.78, 5) is 52.0. The van der Waals surface area contributed by atoms with Crippen LogP contribution in [0.3, 0.4) is 0 Å². The molecule has 0 fully saturated rings. The maximum atomic E-state index is 14.6. The van der Waals surface area contributed by atoms with Crippen molar-refractivity contribution in [3.05, 3.63) is 88.3 Å². The number of halogens is 4. The number of amides is 3. The lowest BCUT2D eigenvalue weighted by molar-refractivity contribution is -0.142. The van der Waals surface area contributed by atoms with Crippen LogP contribution in [0.4, 0.5) is 13.2 Å². The highest BCUT2D eigenvalue weighted by molar-refractivity contribution is 7.99. The number of alkyl halides is 3. The van der Waals surface area contributed by atoms with Crippen molar-refractivity contribution in [1.82, 2.24) is 30.8 Å². The highest BCUT2D eigenvalue weighted by Gasteiger charge is 2.37. The predicted molar refractivity (Wildman–Crippen MR) is 204 cm³/mol. The van der Waals surface area contributed by atoms with Crippen LogP contribution >= 0.6 is 23.4 Å². The number of likely N-dealkylation sites (N-methyl/N-ethyl adjacent to an activating group) is 1. The van der Waals surface area contributed by atoms with Gasteiger partial charge in [0.05, 0.1) is 16.6 Å². The monoisotopic (exact) mass is 786 g/mol. The van der Waals surface area contributed by atoms with E-state index < -0.39 is 54.1 Å². The van der Waals surface area contributed by atoms with E-state index in [0.29, 0.717) is 42.8 Å². The van der Waals surface area contributed by atoms with Gasteiger partial charge in [-0.15, -0.1) is 0 Å². The van der Waals surface area contributed by atoms with Crippen molar-refractivity contribution in [2.24, 2.45) is 11.5 Å². The molecule has 2 aromatic heterocycles. The van der Waals surface area contributed by atoms with Gasteiger partial charge in [-0.2, -0.15) is 13.2 Å². The summed E-state index contributed by atoms with van der Waals surface area (Å²) in [6, 6.07) is 8.32. The third-order valence-corrected chi connectivity index (χ3v) is 11.3. The van der Waals surface area contributed by atoms with E-state index in [1.54, 1.807) is 18.5 Å². The molecule has 0 saturated heterocycles. The number of nitrogens with one attached hydrogen (secondary N) is 4. The standard InChI is InChI=1S/C38H46ClF3N8O3S/c1-50-32(18-24-20-46-29-9-5-4-8-25(24)29)36(52)48-21-26-27(38(40,41)42)12-13-28(39)34(26)54-33-22-45-17-14-23(33)19-47-30(11-7-16-44)35(51)49-31(37(50)53)10-3-2-6-15-43/h4-5,8-9,12-14,17,20,22,30-32,46-47H,2-3,6-7,10-11,15-16,18-19,21,43-44H2,1H3,(H,48,52)(H,49,51)/t30-,31-,32-/m0/s1. The fourth-order valence-electron chi connectivity index (χ4n) is 6.59. The molecule has 4 aromatic rings. The van der Waals surface area contributed by atoms with Crippen molar-refractivity contribution in [2.45, 2.75) is 92.1 Å². The number of aromatic nitrogens is 2. The molecule has 1 aliphatic rings. The summed E-state index contributed by atoms with van der Waals surface area (Å²) in [6.07, 6.45) is 3.26. The Morgan fingerprint density at radius 2 is 1.70 bits per heavy atom. The van der Waals surface area contributed by atoms with Crippen LogP contribution in [0.15, 0.2) is 70.8 Å². The molecule has 3 amide bonds. The molecule has 3 atom stereocenters. The van der Waals surface area contributed by atoms with Gasteiger partial charge < -0.3 is 37.3 Å². The predicted octanol–water partition coefficient (Wildman–Crippen LogP) is 5.29. The zero-order valence-electron chi connectivity index (χ0n) is 30.0. The minimum absolute atomic E-state index is 0.0366. The van der Waals surface area contributed by atoms with Crippen LogP contribution < -0.4 is 27.4 Å². The number of H-pyrrole nitrogens is 1. The quantitative estimate of drug-likeness (QED) is 0.118. The van der Waals surface area contributed by atoms with E-state index in [0.717, 1.165) is 47.1 Å². The molecule has 3 heterocycles. The van der Waals surface area contributed by atoms with E-state index in [-0.39, 0.29) is 34.9 Å². The van der Waals surface area contributed by atoms with Crippen LogP contribution in [-0.4, -0.2) is 70.9 Å². The van der Waals surface area contributed by atoms with Crippen LogP contribution in [0, 0.1) is 0 Å². The molecule has 11 nitrogen and oxygen atoms in total. The van der Waals surface area contributed by atoms with E-state index >= 15 is 0 Å². The third kappa shape index (κ3) is 10.1. The summed E-state index contributed by atoms with van der Waals surface area (Å²) >= 11 is 7.62. The summed E-state index contributed by atoms with van der Waals surface area (Å²) in [5.74, 6) is -1.60. The van der Waals surface area contributed by atoms with Gasteiger partial charge in [-0.1, -0.05) is 54.4 Å². The number of hydrogen-bond acceptors (Lipinski definition) is 8. The number of para-hydroxylation sites is 1. The summed E-state index contributed by atoms with van der Waals surface area (Å²) in [7, 11) is 1.48. The Kier molecular flexibility index (Phi) is 14.4. The van der Waals surface area contributed by atoms with E-state index in [2.05, 4.69) is 25.9 Å². The van der Waals surface area contributed by atoms with Crippen LogP contribution in [0.1, 0.15) is 60.8 Å². The Morgan fingerprint density at radius 3 is 2.46 bits per heavy atom. The van der Waals surface area contributed by atoms with Crippen LogP contribution in [0.25, 0.3) is 10.9 Å². The van der Waals surface area contributed by atoms with Gasteiger partial charge in [0.1, 0.15) is 12.1 Å². The van der Waals surface area contributed by atoms with Gasteiger partial charge in [0.15, 0.2) is 0 Å². The smallest absolute Gasteiger partial charge is 0.361 e. The molecule has 290 valence electrons. The van der Waals surface area contributed by atoms with Crippen LogP contribution in [-0.2, 0) is 40.1 Å². The second kappa shape index (κ2) is 18.9. The first kappa shape index (κ1) is 41.0. The maximum Gasteiger partial charge on any atom is 0.416 e. The molecule has 8 N–H and O–H groups in total. The minimum atomic E-state index is -4.77. The lowest BCUT2D eigenvalue weighted by Crippen LogP contribution is -2.57.